The third-order valence-corrected chi connectivity index (χ3v) is 3.14. The maximum atomic E-state index is 4.55. The molecule has 0 aromatic carbocycles. The van der Waals surface area contributed by atoms with Gasteiger partial charge in [-0.05, 0) is 20.6 Å². The van der Waals surface area contributed by atoms with Gasteiger partial charge in [-0.3, -0.25) is 0 Å². The van der Waals surface area contributed by atoms with Crippen LogP contribution < -0.4 is 0 Å². The van der Waals surface area contributed by atoms with E-state index in [0.717, 1.165) is 19.5 Å². The average molecular weight is 386 g/mol. The normalized spacial score (nSPS) is 13.8. The van der Waals surface area contributed by atoms with Crippen molar-refractivity contribution in [3.63, 3.8) is 0 Å². The number of likely N-dealkylation sites (N-methyl/N-ethyl adjacent to an activating group) is 1. The van der Waals surface area contributed by atoms with E-state index in [9.17, 15) is 0 Å². The van der Waals surface area contributed by atoms with E-state index in [0.29, 0.717) is 24.2 Å². The molecule has 2 atom stereocenters. The Morgan fingerprint density at radius 2 is 1.25 bits per heavy atom. The van der Waals surface area contributed by atoms with E-state index in [1.54, 1.807) is 0 Å². The van der Waals surface area contributed by atoms with Gasteiger partial charge in [-0.15, -0.1) is 37.6 Å². The van der Waals surface area contributed by atoms with E-state index in [1.165, 1.54) is 0 Å². The Bertz CT molecular complexity index is 240. The molecule has 0 aromatic heterocycles. The summed E-state index contributed by atoms with van der Waals surface area (Å²) in [5.74, 6) is 0. The second kappa shape index (κ2) is 18.1. The van der Waals surface area contributed by atoms with Crippen molar-refractivity contribution in [1.29, 1.82) is 0 Å². The zero-order valence-corrected chi connectivity index (χ0v) is 18.6. The Morgan fingerprint density at radius 1 is 0.792 bits per heavy atom. The summed E-state index contributed by atoms with van der Waals surface area (Å²) in [5, 5.41) is 17.5. The molecule has 0 saturated carbocycles. The van der Waals surface area contributed by atoms with E-state index < -0.39 is 0 Å². The van der Waals surface area contributed by atoms with E-state index in [1.807, 2.05) is 14.0 Å². The summed E-state index contributed by atoms with van der Waals surface area (Å²) in [6, 6.07) is 1.69. The summed E-state index contributed by atoms with van der Waals surface area (Å²) in [6.45, 7) is 16.6. The summed E-state index contributed by atoms with van der Waals surface area (Å²) in [6.07, 6.45) is 1.24. The number of nitrogens with zero attached hydrogens (tertiary/aromatic N) is 5. The van der Waals surface area contributed by atoms with Crippen molar-refractivity contribution in [3.05, 3.63) is 21.3 Å². The van der Waals surface area contributed by atoms with Crippen molar-refractivity contribution in [1.82, 2.24) is 4.90 Å². The standard InChI is InChI=1S/C10H23N3.C8H18N2.Co/c1-9(11-3)8-10(2)12-6-7-13(4)5;1-6(2)9-8(5)10-7(3)4;/h9-10H,6-8H2,1-5H3;6-8H,1-5H3;/q2*-2;. The topological polar surface area (TPSA) is 59.6 Å². The Kier molecular flexibility index (Phi) is 21.9. The molecule has 0 saturated heterocycles. The van der Waals surface area contributed by atoms with Gasteiger partial charge in [-0.25, -0.2) is 6.17 Å². The fraction of sp³-hybridized carbons (Fsp3) is 1.00. The SMILES string of the molecule is CC(C)[N-]C(C)[N-]C(C)C.C[N-]C(C)CC(C)[N-]CCN(C)C.[Co]. The molecule has 2 unspecified atom stereocenters. The van der Waals surface area contributed by atoms with Crippen molar-refractivity contribution < 1.29 is 16.8 Å². The molecular weight excluding hydrogens is 345 g/mol. The Hall–Kier alpha value is 0.306. The minimum Gasteiger partial charge on any atom is -0.676 e. The van der Waals surface area contributed by atoms with Gasteiger partial charge >= 0.3 is 0 Å². The van der Waals surface area contributed by atoms with Gasteiger partial charge in [0.25, 0.3) is 0 Å². The van der Waals surface area contributed by atoms with Crippen molar-refractivity contribution >= 4 is 0 Å². The van der Waals surface area contributed by atoms with Gasteiger partial charge in [0.2, 0.25) is 0 Å². The number of hydrogen-bond acceptors (Lipinski definition) is 1. The zero-order valence-electron chi connectivity index (χ0n) is 17.6. The van der Waals surface area contributed by atoms with E-state index in [2.05, 4.69) is 81.8 Å². The first-order valence-electron chi connectivity index (χ1n) is 8.88. The third-order valence-electron chi connectivity index (χ3n) is 3.14. The summed E-state index contributed by atoms with van der Waals surface area (Å²) in [5.41, 5.74) is 0. The van der Waals surface area contributed by atoms with Gasteiger partial charge in [0.1, 0.15) is 0 Å². The van der Waals surface area contributed by atoms with Crippen molar-refractivity contribution in [2.45, 2.75) is 85.2 Å². The molecule has 0 heterocycles. The van der Waals surface area contributed by atoms with Crippen molar-refractivity contribution in [2.24, 2.45) is 0 Å². The molecule has 5 nitrogen and oxygen atoms in total. The molecule has 0 aliphatic rings. The van der Waals surface area contributed by atoms with Crippen LogP contribution in [-0.2, 0) is 16.8 Å². The second-order valence-corrected chi connectivity index (χ2v) is 7.02. The molecule has 0 amide bonds. The van der Waals surface area contributed by atoms with Crippen LogP contribution in [0.4, 0.5) is 0 Å². The maximum Gasteiger partial charge on any atom is 0 e. The van der Waals surface area contributed by atoms with Crippen molar-refractivity contribution in [2.75, 3.05) is 34.2 Å². The molecule has 6 heteroatoms. The molecule has 0 aromatic rings. The fourth-order valence-corrected chi connectivity index (χ4v) is 2.05. The minimum atomic E-state index is 0. The van der Waals surface area contributed by atoms with Crippen LogP contribution in [0.25, 0.3) is 21.3 Å². The summed E-state index contributed by atoms with van der Waals surface area (Å²) in [7, 11) is 6.02. The first kappa shape index (κ1) is 29.1. The molecule has 0 spiro atoms. The van der Waals surface area contributed by atoms with Crippen LogP contribution in [0.2, 0.25) is 0 Å². The van der Waals surface area contributed by atoms with Crippen LogP contribution in [0.5, 0.6) is 0 Å². The molecule has 0 fully saturated rings. The molecule has 0 rings (SSSR count). The van der Waals surface area contributed by atoms with Crippen LogP contribution in [0.1, 0.15) is 54.9 Å². The fourth-order valence-electron chi connectivity index (χ4n) is 2.05. The predicted octanol–water partition coefficient (Wildman–Crippen LogP) is 4.99. The number of hydrogen-bond donors (Lipinski definition) is 0. The summed E-state index contributed by atoms with van der Waals surface area (Å²) < 4.78 is 0. The van der Waals surface area contributed by atoms with Crippen LogP contribution in [0.3, 0.4) is 0 Å². The summed E-state index contributed by atoms with van der Waals surface area (Å²) in [4.78, 5) is 2.16. The number of rotatable bonds is 11. The smallest absolute Gasteiger partial charge is 0 e. The predicted molar refractivity (Wildman–Crippen MR) is 106 cm³/mol. The van der Waals surface area contributed by atoms with Crippen LogP contribution in [0, 0.1) is 0 Å². The van der Waals surface area contributed by atoms with Crippen LogP contribution in [0.15, 0.2) is 0 Å². The first-order chi connectivity index (χ1) is 10.6. The second-order valence-electron chi connectivity index (χ2n) is 7.02. The monoisotopic (exact) mass is 386 g/mol. The van der Waals surface area contributed by atoms with E-state index in [4.69, 9.17) is 0 Å². The molecule has 0 bridgehead atoms. The van der Waals surface area contributed by atoms with Crippen molar-refractivity contribution in [3.8, 4) is 0 Å². The molecule has 0 N–H and O–H groups in total. The molecule has 151 valence electrons. The Morgan fingerprint density at radius 3 is 1.58 bits per heavy atom. The Labute approximate surface area is 162 Å². The van der Waals surface area contributed by atoms with E-state index in [-0.39, 0.29) is 22.9 Å². The van der Waals surface area contributed by atoms with Gasteiger partial charge in [0.05, 0.1) is 0 Å². The first-order valence-corrected chi connectivity index (χ1v) is 8.88. The molecule has 24 heavy (non-hydrogen) atoms. The van der Waals surface area contributed by atoms with Gasteiger partial charge in [0.15, 0.2) is 0 Å². The average Bonchev–Trinajstić information content (AvgIpc) is 2.36. The van der Waals surface area contributed by atoms with Gasteiger partial charge in [-0.1, -0.05) is 48.0 Å². The zero-order chi connectivity index (χ0) is 18.4. The molecular formula is C18H41CoN5-4. The third kappa shape index (κ3) is 24.6. The maximum absolute atomic E-state index is 4.55. The molecule has 0 aliphatic carbocycles. The van der Waals surface area contributed by atoms with Crippen LogP contribution in [-0.4, -0.2) is 69.5 Å². The molecule has 1 radical (unpaired) electrons. The minimum absolute atomic E-state index is 0. The van der Waals surface area contributed by atoms with Gasteiger partial charge < -0.3 is 26.2 Å². The summed E-state index contributed by atoms with van der Waals surface area (Å²) >= 11 is 0. The quantitative estimate of drug-likeness (QED) is 0.494. The Balaban J connectivity index is -0.000000364. The molecule has 0 aliphatic heterocycles. The largest absolute Gasteiger partial charge is 0.676 e. The van der Waals surface area contributed by atoms with Gasteiger partial charge in [0, 0.05) is 16.8 Å². The van der Waals surface area contributed by atoms with Gasteiger partial charge in [-0.2, -0.15) is 7.05 Å². The van der Waals surface area contributed by atoms with E-state index >= 15 is 0 Å². The van der Waals surface area contributed by atoms with Crippen LogP contribution >= 0.6 is 0 Å².